The molecule has 1 aliphatic heterocycles. The van der Waals surface area contributed by atoms with Gasteiger partial charge in [-0.3, -0.25) is 9.59 Å². The average molecular weight is 500 g/mol. The molecule has 0 saturated carbocycles. The highest BCUT2D eigenvalue weighted by Gasteiger charge is 2.43. The van der Waals surface area contributed by atoms with E-state index in [1.54, 1.807) is 11.6 Å². The van der Waals surface area contributed by atoms with E-state index in [0.29, 0.717) is 27.9 Å². The number of thioether (sulfide) groups is 1. The molecule has 5 rings (SSSR count). The van der Waals surface area contributed by atoms with E-state index in [1.807, 2.05) is 73.8 Å². The second-order valence-corrected chi connectivity index (χ2v) is 9.60. The zero-order valence-corrected chi connectivity index (χ0v) is 21.0. The third-order valence-electron chi connectivity index (χ3n) is 6.17. The van der Waals surface area contributed by atoms with E-state index in [-0.39, 0.29) is 5.56 Å². The Kier molecular flexibility index (Phi) is 6.56. The Bertz CT molecular complexity index is 1500. The molecule has 0 bridgehead atoms. The van der Waals surface area contributed by atoms with Crippen LogP contribution in [0.25, 0.3) is 16.9 Å². The summed E-state index contributed by atoms with van der Waals surface area (Å²) < 4.78 is 6.96. The van der Waals surface area contributed by atoms with Gasteiger partial charge in [0.15, 0.2) is 11.0 Å². The van der Waals surface area contributed by atoms with Gasteiger partial charge >= 0.3 is 5.97 Å². The fourth-order valence-corrected chi connectivity index (χ4v) is 5.17. The highest BCUT2D eigenvalue weighted by Crippen LogP contribution is 2.44. The van der Waals surface area contributed by atoms with Gasteiger partial charge in [-0.2, -0.15) is 5.10 Å². The fourth-order valence-electron chi connectivity index (χ4n) is 4.58. The van der Waals surface area contributed by atoms with Crippen molar-refractivity contribution in [3.63, 3.8) is 0 Å². The van der Waals surface area contributed by atoms with Crippen molar-refractivity contribution in [1.82, 2.24) is 19.7 Å². The molecule has 1 N–H and O–H groups in total. The smallest absolute Gasteiger partial charge is 0.315 e. The van der Waals surface area contributed by atoms with Crippen molar-refractivity contribution in [2.45, 2.75) is 24.9 Å². The Morgan fingerprint density at radius 1 is 1.11 bits per heavy atom. The minimum absolute atomic E-state index is 0.322. The first-order valence-electron chi connectivity index (χ1n) is 11.6. The summed E-state index contributed by atoms with van der Waals surface area (Å²) in [4.78, 5) is 38.7. The molecule has 1 aliphatic rings. The number of aliphatic imine (C=N–C) groups is 1. The van der Waals surface area contributed by atoms with Crippen molar-refractivity contribution in [3.8, 4) is 16.9 Å². The number of hydrogen-bond donors (Lipinski definition) is 1. The van der Waals surface area contributed by atoms with Gasteiger partial charge in [-0.05, 0) is 24.8 Å². The molecule has 3 heterocycles. The van der Waals surface area contributed by atoms with Gasteiger partial charge in [0.2, 0.25) is 0 Å². The minimum Gasteiger partial charge on any atom is -0.468 e. The van der Waals surface area contributed by atoms with Crippen LogP contribution in [-0.2, 0) is 9.53 Å². The van der Waals surface area contributed by atoms with Crippen LogP contribution < -0.4 is 5.56 Å². The van der Waals surface area contributed by atoms with E-state index in [0.717, 1.165) is 22.6 Å². The Morgan fingerprint density at radius 3 is 2.47 bits per heavy atom. The SMILES string of the molecule is CCSc1nc2c(c(=O)[nH]1)C(c1cn(-c3ccccc3)nc1-c1ccccc1)C(C(=O)OC)C(C)=N2. The molecular formula is C27H25N5O3S. The van der Waals surface area contributed by atoms with Crippen molar-refractivity contribution in [3.05, 3.63) is 88.3 Å². The van der Waals surface area contributed by atoms with Crippen LogP contribution >= 0.6 is 11.8 Å². The van der Waals surface area contributed by atoms with E-state index in [2.05, 4.69) is 15.0 Å². The van der Waals surface area contributed by atoms with Gasteiger partial charge in [-0.1, -0.05) is 67.2 Å². The third-order valence-corrected chi connectivity index (χ3v) is 6.93. The Balaban J connectivity index is 1.80. The molecular weight excluding hydrogens is 474 g/mol. The first-order valence-corrected chi connectivity index (χ1v) is 12.6. The number of H-pyrrole nitrogens is 1. The molecule has 0 fully saturated rings. The first-order chi connectivity index (χ1) is 17.5. The van der Waals surface area contributed by atoms with Gasteiger partial charge in [0.05, 0.1) is 24.1 Å². The average Bonchev–Trinajstić information content (AvgIpc) is 3.34. The van der Waals surface area contributed by atoms with Gasteiger partial charge in [-0.25, -0.2) is 14.7 Å². The lowest BCUT2D eigenvalue weighted by atomic mass is 9.76. The summed E-state index contributed by atoms with van der Waals surface area (Å²) in [5, 5.41) is 5.40. The van der Waals surface area contributed by atoms with Crippen LogP contribution in [0.4, 0.5) is 5.82 Å². The van der Waals surface area contributed by atoms with Crippen LogP contribution in [-0.4, -0.2) is 44.3 Å². The number of carbonyl (C=O) groups is 1. The number of para-hydroxylation sites is 1. The molecule has 2 aromatic heterocycles. The maximum absolute atomic E-state index is 13.5. The molecule has 0 spiro atoms. The summed E-state index contributed by atoms with van der Waals surface area (Å²) >= 11 is 1.43. The second kappa shape index (κ2) is 9.94. The summed E-state index contributed by atoms with van der Waals surface area (Å²) in [6, 6.07) is 19.4. The normalized spacial score (nSPS) is 16.8. The summed E-state index contributed by atoms with van der Waals surface area (Å²) in [6.07, 6.45) is 1.88. The number of methoxy groups -OCH3 is 1. The largest absolute Gasteiger partial charge is 0.468 e. The number of aromatic amines is 1. The standard InChI is InChI=1S/C27H25N5O3S/c1-4-36-27-29-24-22(25(33)30-27)21(20(16(2)28-24)26(34)35-3)19-15-32(18-13-9-6-10-14-18)31-23(19)17-11-7-5-8-12-17/h5-15,20-21H,4H2,1-3H3,(H,29,30,33). The number of nitrogens with zero attached hydrogens (tertiary/aromatic N) is 4. The summed E-state index contributed by atoms with van der Waals surface area (Å²) in [6.45, 7) is 3.76. The topological polar surface area (TPSA) is 102 Å². The molecule has 2 atom stereocenters. The molecule has 0 saturated heterocycles. The molecule has 8 nitrogen and oxygen atoms in total. The van der Waals surface area contributed by atoms with Crippen molar-refractivity contribution >= 4 is 29.3 Å². The van der Waals surface area contributed by atoms with Crippen LogP contribution in [0, 0.1) is 5.92 Å². The number of benzene rings is 2. The van der Waals surface area contributed by atoms with Gasteiger partial charge in [0.25, 0.3) is 5.56 Å². The predicted molar refractivity (Wildman–Crippen MR) is 140 cm³/mol. The van der Waals surface area contributed by atoms with E-state index in [4.69, 9.17) is 9.84 Å². The Labute approximate surface area is 212 Å². The van der Waals surface area contributed by atoms with Crippen LogP contribution in [0.3, 0.4) is 0 Å². The lowest BCUT2D eigenvalue weighted by molar-refractivity contribution is -0.143. The number of ether oxygens (including phenoxy) is 1. The number of aromatic nitrogens is 4. The summed E-state index contributed by atoms with van der Waals surface area (Å²) in [5.41, 5.74) is 3.67. The number of carbonyl (C=O) groups excluding carboxylic acids is 1. The zero-order valence-electron chi connectivity index (χ0n) is 20.1. The molecule has 2 unspecified atom stereocenters. The van der Waals surface area contributed by atoms with Crippen molar-refractivity contribution < 1.29 is 9.53 Å². The fraction of sp³-hybridized carbons (Fsp3) is 0.222. The minimum atomic E-state index is -0.800. The summed E-state index contributed by atoms with van der Waals surface area (Å²) in [5.74, 6) is -0.880. The Hall–Kier alpha value is -3.98. The van der Waals surface area contributed by atoms with Gasteiger partial charge < -0.3 is 9.72 Å². The van der Waals surface area contributed by atoms with E-state index in [9.17, 15) is 9.59 Å². The Morgan fingerprint density at radius 2 is 1.81 bits per heavy atom. The second-order valence-electron chi connectivity index (χ2n) is 8.35. The molecule has 0 aliphatic carbocycles. The maximum Gasteiger partial charge on any atom is 0.315 e. The summed E-state index contributed by atoms with van der Waals surface area (Å²) in [7, 11) is 1.34. The van der Waals surface area contributed by atoms with Crippen molar-refractivity contribution in [1.29, 1.82) is 0 Å². The van der Waals surface area contributed by atoms with Crippen molar-refractivity contribution in [2.24, 2.45) is 10.9 Å². The predicted octanol–water partition coefficient (Wildman–Crippen LogP) is 4.76. The van der Waals surface area contributed by atoms with Crippen LogP contribution in [0.5, 0.6) is 0 Å². The van der Waals surface area contributed by atoms with Gasteiger partial charge in [0.1, 0.15) is 5.92 Å². The number of rotatable bonds is 6. The van der Waals surface area contributed by atoms with E-state index >= 15 is 0 Å². The number of esters is 1. The lowest BCUT2D eigenvalue weighted by Gasteiger charge is -2.29. The van der Waals surface area contributed by atoms with Crippen LogP contribution in [0.1, 0.15) is 30.9 Å². The molecule has 182 valence electrons. The number of fused-ring (bicyclic) bond motifs is 1. The third kappa shape index (κ3) is 4.26. The van der Waals surface area contributed by atoms with Gasteiger partial charge in [0, 0.05) is 29.0 Å². The van der Waals surface area contributed by atoms with Crippen LogP contribution in [0.2, 0.25) is 0 Å². The molecule has 0 radical (unpaired) electrons. The molecule has 36 heavy (non-hydrogen) atoms. The quantitative estimate of drug-likeness (QED) is 0.233. The van der Waals surface area contributed by atoms with Gasteiger partial charge in [-0.15, -0.1) is 0 Å². The van der Waals surface area contributed by atoms with Crippen LogP contribution in [0.15, 0.2) is 81.8 Å². The lowest BCUT2D eigenvalue weighted by Crippen LogP contribution is -2.36. The monoisotopic (exact) mass is 499 g/mol. The highest BCUT2D eigenvalue weighted by molar-refractivity contribution is 7.99. The van der Waals surface area contributed by atoms with E-state index < -0.39 is 17.8 Å². The number of nitrogens with one attached hydrogen (secondary N) is 1. The van der Waals surface area contributed by atoms with E-state index in [1.165, 1.54) is 18.9 Å². The number of hydrogen-bond acceptors (Lipinski definition) is 7. The van der Waals surface area contributed by atoms with Crippen molar-refractivity contribution in [2.75, 3.05) is 12.9 Å². The molecule has 0 amide bonds. The molecule has 2 aromatic carbocycles. The maximum atomic E-state index is 13.5. The molecule has 9 heteroatoms. The first kappa shape index (κ1) is 23.7. The molecule has 4 aromatic rings. The highest BCUT2D eigenvalue weighted by atomic mass is 32.2. The zero-order chi connectivity index (χ0) is 25.2.